The fraction of sp³-hybridized carbons (Fsp3) is 0.455. The van der Waals surface area contributed by atoms with Crippen LogP contribution in [0.1, 0.15) is 48.7 Å². The fourth-order valence-corrected chi connectivity index (χ4v) is 3.69. The van der Waals surface area contributed by atoms with Gasteiger partial charge in [0.2, 0.25) is 5.62 Å². The number of nitrogens with two attached hydrogens (primary N) is 1. The standard InChI is InChI=1S/C22H28BrN5O5/c23-15-6-4-14(5-7-15)20(30)26-18-10-12-28(19-9-8-16(13-29)33-19)22(27-18)25-11-2-1-3-17(24)21(31)32/h4-7,10,12,16-17,19,29H,1-3,8-9,11,13,24H2,(H,31,32)(H,25,26,27,30)/t16-,17?,19?/m0/s1. The quantitative estimate of drug-likeness (QED) is 0.349. The molecule has 2 heterocycles. The second-order valence-electron chi connectivity index (χ2n) is 7.78. The zero-order chi connectivity index (χ0) is 23.8. The molecular formula is C22H28BrN5O5. The van der Waals surface area contributed by atoms with Crippen molar-refractivity contribution in [2.45, 2.75) is 50.5 Å². The molecule has 0 bridgehead atoms. The van der Waals surface area contributed by atoms with E-state index in [4.69, 9.17) is 15.6 Å². The minimum atomic E-state index is -1.02. The zero-order valence-electron chi connectivity index (χ0n) is 18.1. The first-order valence-corrected chi connectivity index (χ1v) is 11.6. The van der Waals surface area contributed by atoms with Gasteiger partial charge in [0.05, 0.1) is 12.7 Å². The number of nitrogens with one attached hydrogen (secondary N) is 1. The lowest BCUT2D eigenvalue weighted by molar-refractivity contribution is -0.138. The molecule has 1 fully saturated rings. The van der Waals surface area contributed by atoms with Crippen LogP contribution in [0.2, 0.25) is 0 Å². The highest BCUT2D eigenvalue weighted by atomic mass is 79.9. The van der Waals surface area contributed by atoms with Gasteiger partial charge in [0, 0.05) is 22.8 Å². The number of nitrogens with zero attached hydrogens (tertiary/aromatic N) is 3. The molecule has 0 radical (unpaired) electrons. The number of aromatic nitrogens is 2. The number of ether oxygens (including phenoxy) is 1. The first kappa shape index (κ1) is 25.0. The van der Waals surface area contributed by atoms with Crippen molar-refractivity contribution in [1.29, 1.82) is 0 Å². The Balaban J connectivity index is 1.75. The first-order valence-electron chi connectivity index (χ1n) is 10.8. The number of aliphatic carboxylic acids is 1. The SMILES string of the molecule is NC(CCCCN=c1nc(NC(=O)c2ccc(Br)cc2)ccn1C1CC[C@@H](CO)O1)C(=O)O. The summed E-state index contributed by atoms with van der Waals surface area (Å²) in [5.74, 6) is -0.959. The van der Waals surface area contributed by atoms with E-state index < -0.39 is 12.0 Å². The Morgan fingerprint density at radius 1 is 1.27 bits per heavy atom. The van der Waals surface area contributed by atoms with Crippen LogP contribution in [-0.4, -0.2) is 56.9 Å². The smallest absolute Gasteiger partial charge is 0.320 e. The van der Waals surface area contributed by atoms with Crippen molar-refractivity contribution in [2.75, 3.05) is 18.5 Å². The molecule has 1 aromatic heterocycles. The summed E-state index contributed by atoms with van der Waals surface area (Å²) in [7, 11) is 0. The van der Waals surface area contributed by atoms with E-state index >= 15 is 0 Å². The molecule has 11 heteroatoms. The van der Waals surface area contributed by atoms with Gasteiger partial charge in [-0.1, -0.05) is 15.9 Å². The van der Waals surface area contributed by atoms with Crippen LogP contribution < -0.4 is 16.7 Å². The molecule has 1 aliphatic rings. The minimum absolute atomic E-state index is 0.0534. The van der Waals surface area contributed by atoms with Crippen molar-refractivity contribution < 1.29 is 24.5 Å². The summed E-state index contributed by atoms with van der Waals surface area (Å²) < 4.78 is 8.53. The number of amides is 1. The number of carboxylic acids is 1. The molecule has 33 heavy (non-hydrogen) atoms. The van der Waals surface area contributed by atoms with Gasteiger partial charge in [0.1, 0.15) is 18.1 Å². The maximum atomic E-state index is 12.6. The van der Waals surface area contributed by atoms with E-state index in [1.807, 2.05) is 0 Å². The van der Waals surface area contributed by atoms with Gasteiger partial charge in [-0.15, -0.1) is 0 Å². The van der Waals surface area contributed by atoms with Crippen molar-refractivity contribution in [3.8, 4) is 0 Å². The summed E-state index contributed by atoms with van der Waals surface area (Å²) in [5, 5.41) is 21.0. The van der Waals surface area contributed by atoms with Crippen molar-refractivity contribution in [2.24, 2.45) is 10.7 Å². The molecule has 2 unspecified atom stereocenters. The van der Waals surface area contributed by atoms with Gasteiger partial charge in [-0.05, 0) is 62.4 Å². The van der Waals surface area contributed by atoms with Crippen LogP contribution in [0.3, 0.4) is 0 Å². The van der Waals surface area contributed by atoms with Crippen LogP contribution in [0, 0.1) is 0 Å². The van der Waals surface area contributed by atoms with Gasteiger partial charge in [0.25, 0.3) is 5.91 Å². The number of aliphatic hydroxyl groups is 1. The lowest BCUT2D eigenvalue weighted by Gasteiger charge is -2.17. The molecule has 5 N–H and O–H groups in total. The van der Waals surface area contributed by atoms with Crippen molar-refractivity contribution in [1.82, 2.24) is 9.55 Å². The average Bonchev–Trinajstić information content (AvgIpc) is 3.28. The van der Waals surface area contributed by atoms with E-state index in [-0.39, 0.29) is 24.8 Å². The highest BCUT2D eigenvalue weighted by Gasteiger charge is 2.26. The summed E-state index contributed by atoms with van der Waals surface area (Å²) in [5.41, 5.74) is 6.42. The molecule has 10 nitrogen and oxygen atoms in total. The summed E-state index contributed by atoms with van der Waals surface area (Å²) >= 11 is 3.35. The van der Waals surface area contributed by atoms with Crippen molar-refractivity contribution in [3.63, 3.8) is 0 Å². The molecule has 0 aliphatic carbocycles. The van der Waals surface area contributed by atoms with E-state index in [0.29, 0.717) is 49.2 Å². The molecule has 2 aromatic rings. The Hall–Kier alpha value is -2.60. The van der Waals surface area contributed by atoms with Gasteiger partial charge in [-0.3, -0.25) is 19.1 Å². The molecule has 178 valence electrons. The zero-order valence-corrected chi connectivity index (χ0v) is 19.6. The molecule has 0 saturated carbocycles. The number of anilines is 1. The third kappa shape index (κ3) is 7.19. The number of carbonyl (C=O) groups excluding carboxylic acids is 1. The van der Waals surface area contributed by atoms with E-state index in [1.54, 1.807) is 41.1 Å². The third-order valence-electron chi connectivity index (χ3n) is 5.29. The number of benzene rings is 1. The van der Waals surface area contributed by atoms with Crippen molar-refractivity contribution in [3.05, 3.63) is 52.2 Å². The molecule has 3 atom stereocenters. The number of aliphatic hydroxyl groups excluding tert-OH is 1. The maximum Gasteiger partial charge on any atom is 0.320 e. The second kappa shape index (κ2) is 12.0. The predicted molar refractivity (Wildman–Crippen MR) is 124 cm³/mol. The topological polar surface area (TPSA) is 152 Å². The van der Waals surface area contributed by atoms with E-state index in [0.717, 1.165) is 10.9 Å². The summed E-state index contributed by atoms with van der Waals surface area (Å²) in [6.45, 7) is 0.363. The number of halogens is 1. The van der Waals surface area contributed by atoms with Crippen LogP contribution in [0.25, 0.3) is 0 Å². The van der Waals surface area contributed by atoms with E-state index in [2.05, 4.69) is 31.2 Å². The largest absolute Gasteiger partial charge is 0.480 e. The summed E-state index contributed by atoms with van der Waals surface area (Å²) in [4.78, 5) is 32.5. The number of unbranched alkanes of at least 4 members (excludes halogenated alkanes) is 1. The van der Waals surface area contributed by atoms with Gasteiger partial charge in [-0.25, -0.2) is 0 Å². The highest BCUT2D eigenvalue weighted by molar-refractivity contribution is 9.10. The second-order valence-corrected chi connectivity index (χ2v) is 8.69. The van der Waals surface area contributed by atoms with Crippen molar-refractivity contribution >= 4 is 33.6 Å². The Morgan fingerprint density at radius 3 is 2.70 bits per heavy atom. The summed E-state index contributed by atoms with van der Waals surface area (Å²) in [6.07, 6.45) is 4.27. The molecule has 3 rings (SSSR count). The van der Waals surface area contributed by atoms with Crippen LogP contribution >= 0.6 is 15.9 Å². The fourth-order valence-electron chi connectivity index (χ4n) is 3.43. The molecular weight excluding hydrogens is 494 g/mol. The molecule has 1 saturated heterocycles. The Morgan fingerprint density at radius 2 is 2.03 bits per heavy atom. The minimum Gasteiger partial charge on any atom is -0.480 e. The monoisotopic (exact) mass is 521 g/mol. The lowest BCUT2D eigenvalue weighted by Crippen LogP contribution is -2.30. The number of hydrogen-bond donors (Lipinski definition) is 4. The van der Waals surface area contributed by atoms with Gasteiger partial charge in [0.15, 0.2) is 0 Å². The highest BCUT2D eigenvalue weighted by Crippen LogP contribution is 2.26. The number of rotatable bonds is 10. The van der Waals surface area contributed by atoms with Crippen LogP contribution in [-0.2, 0) is 9.53 Å². The van der Waals surface area contributed by atoms with Gasteiger partial charge < -0.3 is 26.0 Å². The molecule has 1 amide bonds. The lowest BCUT2D eigenvalue weighted by atomic mass is 10.1. The predicted octanol–water partition coefficient (Wildman–Crippen LogP) is 2.05. The van der Waals surface area contributed by atoms with Crippen LogP contribution in [0.4, 0.5) is 5.82 Å². The molecule has 0 spiro atoms. The van der Waals surface area contributed by atoms with Gasteiger partial charge in [-0.2, -0.15) is 4.98 Å². The Bertz CT molecular complexity index is 1030. The Labute approximate surface area is 199 Å². The van der Waals surface area contributed by atoms with E-state index in [1.165, 1.54) is 0 Å². The van der Waals surface area contributed by atoms with Crippen LogP contribution in [0.5, 0.6) is 0 Å². The third-order valence-corrected chi connectivity index (χ3v) is 5.81. The van der Waals surface area contributed by atoms with Crippen LogP contribution in [0.15, 0.2) is 46.0 Å². The Kier molecular flexibility index (Phi) is 9.12. The number of carbonyl (C=O) groups is 2. The molecule has 1 aliphatic heterocycles. The van der Waals surface area contributed by atoms with E-state index in [9.17, 15) is 14.7 Å². The first-order chi connectivity index (χ1) is 15.9. The van der Waals surface area contributed by atoms with Gasteiger partial charge >= 0.3 is 5.97 Å². The number of hydrogen-bond acceptors (Lipinski definition) is 7. The summed E-state index contributed by atoms with van der Waals surface area (Å²) in [6, 6.07) is 7.78. The number of carboxylic acid groups (broad SMARTS) is 1. The maximum absolute atomic E-state index is 12.6. The average molecular weight is 522 g/mol. The normalized spacial score (nSPS) is 19.4. The molecule has 1 aromatic carbocycles.